The van der Waals surface area contributed by atoms with Crippen molar-refractivity contribution in [2.24, 2.45) is 10.9 Å². The fourth-order valence-corrected chi connectivity index (χ4v) is 3.60. The Labute approximate surface area is 160 Å². The van der Waals surface area contributed by atoms with E-state index in [0.29, 0.717) is 5.92 Å². The van der Waals surface area contributed by atoms with Crippen molar-refractivity contribution < 1.29 is 4.74 Å². The lowest BCUT2D eigenvalue weighted by molar-refractivity contribution is 0.114. The number of hydrogen-bond donors (Lipinski definition) is 0. The van der Waals surface area contributed by atoms with Crippen LogP contribution in [0.25, 0.3) is 0 Å². The van der Waals surface area contributed by atoms with Crippen LogP contribution < -0.4 is 0 Å². The van der Waals surface area contributed by atoms with Crippen molar-refractivity contribution in [3.63, 3.8) is 0 Å². The molecule has 1 aliphatic heterocycles. The first-order valence-electron chi connectivity index (χ1n) is 10.7. The highest BCUT2D eigenvalue weighted by Gasteiger charge is 2.22. The predicted molar refractivity (Wildman–Crippen MR) is 112 cm³/mol. The van der Waals surface area contributed by atoms with Gasteiger partial charge in [0.1, 0.15) is 5.84 Å². The molecule has 3 heteroatoms. The lowest BCUT2D eigenvalue weighted by Crippen LogP contribution is -2.33. The molecule has 1 heterocycles. The van der Waals surface area contributed by atoms with Crippen LogP contribution in [0.3, 0.4) is 0 Å². The van der Waals surface area contributed by atoms with Gasteiger partial charge in [0.15, 0.2) is 0 Å². The van der Waals surface area contributed by atoms with Gasteiger partial charge in [-0.3, -0.25) is 4.99 Å². The molecule has 1 atom stereocenters. The van der Waals surface area contributed by atoms with Crippen molar-refractivity contribution in [2.75, 3.05) is 26.3 Å². The lowest BCUT2D eigenvalue weighted by Gasteiger charge is -2.24. The Morgan fingerprint density at radius 3 is 2.42 bits per heavy atom. The van der Waals surface area contributed by atoms with E-state index in [1.807, 2.05) is 0 Å². The SMILES string of the molecule is CCCCCCCCCCOCC(C)C1=NCCN1Cc1ccccc1. The molecule has 1 aromatic rings. The Bertz CT molecular complexity index is 500. The smallest absolute Gasteiger partial charge is 0.104 e. The average Bonchev–Trinajstić information content (AvgIpc) is 3.12. The molecule has 1 aliphatic rings. The highest BCUT2D eigenvalue weighted by atomic mass is 16.5. The Morgan fingerprint density at radius 2 is 1.69 bits per heavy atom. The quantitative estimate of drug-likeness (QED) is 0.399. The van der Waals surface area contributed by atoms with Crippen LogP contribution in [0, 0.1) is 5.92 Å². The molecule has 0 aliphatic carbocycles. The first-order chi connectivity index (χ1) is 12.8. The van der Waals surface area contributed by atoms with E-state index in [1.54, 1.807) is 0 Å². The second-order valence-corrected chi connectivity index (χ2v) is 7.60. The minimum absolute atomic E-state index is 0.384. The third-order valence-electron chi connectivity index (χ3n) is 5.13. The van der Waals surface area contributed by atoms with Gasteiger partial charge in [-0.25, -0.2) is 0 Å². The van der Waals surface area contributed by atoms with Gasteiger partial charge in [0, 0.05) is 25.6 Å². The van der Waals surface area contributed by atoms with E-state index in [9.17, 15) is 0 Å². The zero-order valence-electron chi connectivity index (χ0n) is 17.0. The van der Waals surface area contributed by atoms with Crippen molar-refractivity contribution in [2.45, 2.75) is 71.8 Å². The second kappa shape index (κ2) is 12.9. The van der Waals surface area contributed by atoms with Crippen molar-refractivity contribution >= 4 is 5.84 Å². The van der Waals surface area contributed by atoms with Crippen LogP contribution in [-0.2, 0) is 11.3 Å². The molecule has 146 valence electrons. The number of amidine groups is 1. The number of hydrogen-bond acceptors (Lipinski definition) is 3. The molecule has 0 bridgehead atoms. The van der Waals surface area contributed by atoms with Crippen LogP contribution >= 0.6 is 0 Å². The summed E-state index contributed by atoms with van der Waals surface area (Å²) in [5.41, 5.74) is 1.36. The first-order valence-corrected chi connectivity index (χ1v) is 10.7. The normalized spacial score (nSPS) is 15.3. The van der Waals surface area contributed by atoms with Gasteiger partial charge in [0.25, 0.3) is 0 Å². The molecule has 3 nitrogen and oxygen atoms in total. The molecule has 0 saturated carbocycles. The topological polar surface area (TPSA) is 24.8 Å². The summed E-state index contributed by atoms with van der Waals surface area (Å²) in [6.07, 6.45) is 10.8. The van der Waals surface area contributed by atoms with E-state index in [4.69, 9.17) is 9.73 Å². The number of benzene rings is 1. The van der Waals surface area contributed by atoms with Gasteiger partial charge in [-0.2, -0.15) is 0 Å². The molecular formula is C23H38N2O. The van der Waals surface area contributed by atoms with E-state index in [2.05, 4.69) is 49.1 Å². The van der Waals surface area contributed by atoms with E-state index >= 15 is 0 Å². The molecule has 2 rings (SSSR count). The number of aliphatic imine (C=N–C) groups is 1. The molecule has 0 spiro atoms. The standard InChI is InChI=1S/C23H38N2O/c1-3-4-5-6-7-8-9-13-18-26-20-21(2)23-24-16-17-25(23)19-22-14-11-10-12-15-22/h10-12,14-15,21H,3-9,13,16-20H2,1-2H3. The summed E-state index contributed by atoms with van der Waals surface area (Å²) in [6, 6.07) is 10.7. The summed E-state index contributed by atoms with van der Waals surface area (Å²) in [5.74, 6) is 1.61. The number of unbranched alkanes of at least 4 members (excludes halogenated alkanes) is 7. The summed E-state index contributed by atoms with van der Waals surface area (Å²) >= 11 is 0. The van der Waals surface area contributed by atoms with Crippen LogP contribution in [0.1, 0.15) is 70.8 Å². The molecule has 1 aromatic carbocycles. The van der Waals surface area contributed by atoms with Crippen molar-refractivity contribution in [3.05, 3.63) is 35.9 Å². The fraction of sp³-hybridized carbons (Fsp3) is 0.696. The van der Waals surface area contributed by atoms with Gasteiger partial charge in [0.2, 0.25) is 0 Å². The fourth-order valence-electron chi connectivity index (χ4n) is 3.60. The molecule has 0 amide bonds. The second-order valence-electron chi connectivity index (χ2n) is 7.60. The lowest BCUT2D eigenvalue weighted by atomic mass is 10.1. The monoisotopic (exact) mass is 358 g/mol. The van der Waals surface area contributed by atoms with E-state index in [-0.39, 0.29) is 0 Å². The third kappa shape index (κ3) is 7.90. The molecule has 0 saturated heterocycles. The van der Waals surface area contributed by atoms with Crippen molar-refractivity contribution in [3.8, 4) is 0 Å². The maximum absolute atomic E-state index is 5.94. The van der Waals surface area contributed by atoms with Gasteiger partial charge in [0.05, 0.1) is 13.2 Å². The maximum Gasteiger partial charge on any atom is 0.104 e. The van der Waals surface area contributed by atoms with Crippen molar-refractivity contribution in [1.29, 1.82) is 0 Å². The summed E-state index contributed by atoms with van der Waals surface area (Å²) in [7, 11) is 0. The third-order valence-corrected chi connectivity index (χ3v) is 5.13. The van der Waals surface area contributed by atoms with E-state index in [0.717, 1.165) is 32.8 Å². The van der Waals surface area contributed by atoms with Crippen LogP contribution in [0.5, 0.6) is 0 Å². The summed E-state index contributed by atoms with van der Waals surface area (Å²) in [4.78, 5) is 7.16. The van der Waals surface area contributed by atoms with Gasteiger partial charge in [-0.1, -0.05) is 89.1 Å². The Hall–Kier alpha value is -1.35. The molecule has 0 N–H and O–H groups in total. The van der Waals surface area contributed by atoms with Crippen LogP contribution in [-0.4, -0.2) is 37.0 Å². The van der Waals surface area contributed by atoms with E-state index in [1.165, 1.54) is 62.8 Å². The average molecular weight is 359 g/mol. The summed E-state index contributed by atoms with van der Waals surface area (Å²) in [6.45, 7) is 9.12. The number of nitrogens with zero attached hydrogens (tertiary/aromatic N) is 2. The maximum atomic E-state index is 5.94. The van der Waals surface area contributed by atoms with Gasteiger partial charge in [-0.05, 0) is 12.0 Å². The molecule has 0 fully saturated rings. The van der Waals surface area contributed by atoms with Gasteiger partial charge in [-0.15, -0.1) is 0 Å². The minimum Gasteiger partial charge on any atom is -0.381 e. The Kier molecular flexibility index (Phi) is 10.4. The van der Waals surface area contributed by atoms with Crippen LogP contribution in [0.15, 0.2) is 35.3 Å². The molecule has 0 radical (unpaired) electrons. The van der Waals surface area contributed by atoms with Crippen molar-refractivity contribution in [1.82, 2.24) is 4.90 Å². The van der Waals surface area contributed by atoms with E-state index < -0.39 is 0 Å². The molecule has 1 unspecified atom stereocenters. The highest BCUT2D eigenvalue weighted by Crippen LogP contribution is 2.15. The van der Waals surface area contributed by atoms with Crippen LogP contribution in [0.4, 0.5) is 0 Å². The van der Waals surface area contributed by atoms with Crippen LogP contribution in [0.2, 0.25) is 0 Å². The Morgan fingerprint density at radius 1 is 1.00 bits per heavy atom. The molecule has 26 heavy (non-hydrogen) atoms. The zero-order chi connectivity index (χ0) is 18.5. The number of rotatable bonds is 14. The highest BCUT2D eigenvalue weighted by molar-refractivity contribution is 5.85. The summed E-state index contributed by atoms with van der Waals surface area (Å²) < 4.78 is 5.94. The number of ether oxygens (including phenoxy) is 1. The zero-order valence-corrected chi connectivity index (χ0v) is 17.0. The summed E-state index contributed by atoms with van der Waals surface area (Å²) in [5, 5.41) is 0. The molecule has 0 aromatic heterocycles. The predicted octanol–water partition coefficient (Wildman–Crippen LogP) is 5.69. The molecular weight excluding hydrogens is 320 g/mol. The minimum atomic E-state index is 0.384. The van der Waals surface area contributed by atoms with Gasteiger partial charge < -0.3 is 9.64 Å². The Balaban J connectivity index is 1.55. The first kappa shape index (κ1) is 21.0. The largest absolute Gasteiger partial charge is 0.381 e. The van der Waals surface area contributed by atoms with Gasteiger partial charge >= 0.3 is 0 Å².